The third kappa shape index (κ3) is 3.80. The molecule has 140 valence electrons. The van der Waals surface area contributed by atoms with E-state index in [-0.39, 0.29) is 6.54 Å². The smallest absolute Gasteiger partial charge is 0.262 e. The van der Waals surface area contributed by atoms with Gasteiger partial charge in [0.05, 0.1) is 11.1 Å². The standard InChI is InChI=1S/C19H14N4O3S2/c24-15(10-23-16(25)13-8-4-5-9-14(13)17(23)26)20-18-21-22-19(28-18)27-11-12-6-2-1-3-7-12/h1-9H,10-11H2,(H,20,21,24). The number of nitrogens with one attached hydrogen (secondary N) is 1. The van der Waals surface area contributed by atoms with Gasteiger partial charge in [-0.3, -0.25) is 24.6 Å². The van der Waals surface area contributed by atoms with Crippen molar-refractivity contribution in [2.24, 2.45) is 0 Å². The molecule has 0 saturated heterocycles. The minimum Gasteiger partial charge on any atom is -0.299 e. The normalized spacial score (nSPS) is 12.9. The molecule has 0 saturated carbocycles. The van der Waals surface area contributed by atoms with E-state index in [1.54, 1.807) is 24.3 Å². The highest BCUT2D eigenvalue weighted by Crippen LogP contribution is 2.28. The molecule has 0 fully saturated rings. The van der Waals surface area contributed by atoms with Gasteiger partial charge in [0.1, 0.15) is 6.54 Å². The van der Waals surface area contributed by atoms with Crippen molar-refractivity contribution >= 4 is 46.0 Å². The lowest BCUT2D eigenvalue weighted by Gasteiger charge is -2.12. The molecule has 0 unspecified atom stereocenters. The van der Waals surface area contributed by atoms with E-state index in [2.05, 4.69) is 15.5 Å². The molecular weight excluding hydrogens is 396 g/mol. The number of benzene rings is 2. The zero-order valence-corrected chi connectivity index (χ0v) is 16.1. The number of carbonyl (C=O) groups excluding carboxylic acids is 3. The first-order valence-electron chi connectivity index (χ1n) is 8.37. The Morgan fingerprint density at radius 3 is 2.29 bits per heavy atom. The molecule has 1 aliphatic heterocycles. The summed E-state index contributed by atoms with van der Waals surface area (Å²) in [7, 11) is 0. The summed E-state index contributed by atoms with van der Waals surface area (Å²) in [5.74, 6) is -0.678. The molecule has 0 radical (unpaired) electrons. The Kier molecular flexibility index (Phi) is 5.18. The van der Waals surface area contributed by atoms with Crippen LogP contribution in [0.1, 0.15) is 26.3 Å². The number of hydrogen-bond acceptors (Lipinski definition) is 7. The first-order valence-corrected chi connectivity index (χ1v) is 10.2. The lowest BCUT2D eigenvalue weighted by atomic mass is 10.1. The molecule has 0 aliphatic carbocycles. The van der Waals surface area contributed by atoms with E-state index in [0.29, 0.717) is 16.3 Å². The summed E-state index contributed by atoms with van der Waals surface area (Å²) in [6, 6.07) is 16.5. The molecule has 0 atom stereocenters. The predicted molar refractivity (Wildman–Crippen MR) is 106 cm³/mol. The topological polar surface area (TPSA) is 92.3 Å². The Bertz CT molecular complexity index is 1020. The minimum atomic E-state index is -0.495. The van der Waals surface area contributed by atoms with Crippen molar-refractivity contribution < 1.29 is 14.4 Å². The van der Waals surface area contributed by atoms with Crippen LogP contribution in [-0.4, -0.2) is 39.4 Å². The maximum Gasteiger partial charge on any atom is 0.262 e. The highest BCUT2D eigenvalue weighted by molar-refractivity contribution is 8.00. The van der Waals surface area contributed by atoms with E-state index in [1.807, 2.05) is 30.3 Å². The van der Waals surface area contributed by atoms with E-state index in [0.717, 1.165) is 15.0 Å². The third-order valence-corrected chi connectivity index (χ3v) is 6.08. The van der Waals surface area contributed by atoms with Crippen molar-refractivity contribution in [3.8, 4) is 0 Å². The molecule has 3 amide bonds. The SMILES string of the molecule is O=C(CN1C(=O)c2ccccc2C1=O)Nc1nnc(SCc2ccccc2)s1. The van der Waals surface area contributed by atoms with Crippen LogP contribution in [0.3, 0.4) is 0 Å². The third-order valence-electron chi connectivity index (χ3n) is 4.04. The fourth-order valence-corrected chi connectivity index (χ4v) is 4.45. The van der Waals surface area contributed by atoms with E-state index in [4.69, 9.17) is 0 Å². The van der Waals surface area contributed by atoms with Crippen LogP contribution in [0, 0.1) is 0 Å². The second kappa shape index (κ2) is 7.91. The molecule has 28 heavy (non-hydrogen) atoms. The number of hydrogen-bond donors (Lipinski definition) is 1. The number of thioether (sulfide) groups is 1. The molecule has 3 aromatic rings. The van der Waals surface area contributed by atoms with E-state index in [1.165, 1.54) is 28.7 Å². The second-order valence-corrected chi connectivity index (χ2v) is 8.14. The van der Waals surface area contributed by atoms with Crippen molar-refractivity contribution in [3.63, 3.8) is 0 Å². The van der Waals surface area contributed by atoms with Crippen LogP contribution in [-0.2, 0) is 10.5 Å². The minimum absolute atomic E-state index is 0.316. The number of rotatable bonds is 6. The van der Waals surface area contributed by atoms with Crippen LogP contribution in [0.25, 0.3) is 0 Å². The number of aromatic nitrogens is 2. The van der Waals surface area contributed by atoms with Crippen molar-refractivity contribution in [1.29, 1.82) is 0 Å². The average Bonchev–Trinajstić information content (AvgIpc) is 3.26. The van der Waals surface area contributed by atoms with Crippen molar-refractivity contribution in [2.75, 3.05) is 11.9 Å². The van der Waals surface area contributed by atoms with Gasteiger partial charge in [-0.1, -0.05) is 65.6 Å². The predicted octanol–water partition coefficient (Wildman–Crippen LogP) is 3.07. The Labute approximate surface area is 168 Å². The van der Waals surface area contributed by atoms with Gasteiger partial charge in [-0.2, -0.15) is 0 Å². The fraction of sp³-hybridized carbons (Fsp3) is 0.105. The molecule has 4 rings (SSSR count). The number of fused-ring (bicyclic) bond motifs is 1. The summed E-state index contributed by atoms with van der Waals surface area (Å²) >= 11 is 2.77. The molecule has 7 nitrogen and oxygen atoms in total. The zero-order chi connectivity index (χ0) is 19.5. The largest absolute Gasteiger partial charge is 0.299 e. The lowest BCUT2D eigenvalue weighted by molar-refractivity contribution is -0.116. The van der Waals surface area contributed by atoms with Crippen molar-refractivity contribution in [2.45, 2.75) is 10.1 Å². The van der Waals surface area contributed by atoms with Crippen LogP contribution in [0.15, 0.2) is 58.9 Å². The highest BCUT2D eigenvalue weighted by Gasteiger charge is 2.36. The molecule has 0 spiro atoms. The molecular formula is C19H14N4O3S2. The van der Waals surface area contributed by atoms with Crippen LogP contribution < -0.4 is 5.32 Å². The number of carbonyl (C=O) groups is 3. The molecule has 9 heteroatoms. The average molecular weight is 410 g/mol. The Balaban J connectivity index is 1.34. The van der Waals surface area contributed by atoms with Crippen LogP contribution in [0.2, 0.25) is 0 Å². The lowest BCUT2D eigenvalue weighted by Crippen LogP contribution is -2.37. The Hall–Kier alpha value is -3.04. The highest BCUT2D eigenvalue weighted by atomic mass is 32.2. The summed E-state index contributed by atoms with van der Waals surface area (Å²) in [6.45, 7) is -0.363. The van der Waals surface area contributed by atoms with Crippen molar-refractivity contribution in [1.82, 2.24) is 15.1 Å². The summed E-state index contributed by atoms with van der Waals surface area (Å²) in [6.07, 6.45) is 0. The Morgan fingerprint density at radius 2 is 1.61 bits per heavy atom. The first kappa shape index (κ1) is 18.3. The van der Waals surface area contributed by atoms with Gasteiger partial charge in [0.2, 0.25) is 11.0 Å². The molecule has 2 heterocycles. The monoisotopic (exact) mass is 410 g/mol. The summed E-state index contributed by atoms with van der Waals surface area (Å²) in [5, 5.41) is 10.9. The van der Waals surface area contributed by atoms with Gasteiger partial charge >= 0.3 is 0 Å². The van der Waals surface area contributed by atoms with Gasteiger partial charge in [-0.05, 0) is 17.7 Å². The summed E-state index contributed by atoms with van der Waals surface area (Å²) in [4.78, 5) is 37.8. The van der Waals surface area contributed by atoms with Crippen LogP contribution in [0.5, 0.6) is 0 Å². The maximum atomic E-state index is 12.3. The van der Waals surface area contributed by atoms with E-state index < -0.39 is 17.7 Å². The van der Waals surface area contributed by atoms with E-state index in [9.17, 15) is 14.4 Å². The number of anilines is 1. The zero-order valence-electron chi connectivity index (χ0n) is 14.5. The van der Waals surface area contributed by atoms with Gasteiger partial charge in [-0.15, -0.1) is 10.2 Å². The molecule has 0 bridgehead atoms. The van der Waals surface area contributed by atoms with Crippen molar-refractivity contribution in [3.05, 3.63) is 71.3 Å². The molecule has 2 aromatic carbocycles. The van der Waals surface area contributed by atoms with Gasteiger partial charge in [-0.25, -0.2) is 0 Å². The van der Waals surface area contributed by atoms with Crippen LogP contribution >= 0.6 is 23.1 Å². The number of amides is 3. The van der Waals surface area contributed by atoms with Crippen LogP contribution in [0.4, 0.5) is 5.13 Å². The molecule has 1 aromatic heterocycles. The number of imide groups is 1. The van der Waals surface area contributed by atoms with Gasteiger partial charge in [0.25, 0.3) is 11.8 Å². The van der Waals surface area contributed by atoms with Gasteiger partial charge < -0.3 is 0 Å². The Morgan fingerprint density at radius 1 is 0.964 bits per heavy atom. The van der Waals surface area contributed by atoms with E-state index >= 15 is 0 Å². The summed E-state index contributed by atoms with van der Waals surface area (Å²) < 4.78 is 0.722. The quantitative estimate of drug-likeness (QED) is 0.381. The molecule has 1 aliphatic rings. The maximum absolute atomic E-state index is 12.3. The first-order chi connectivity index (χ1) is 13.6. The second-order valence-electron chi connectivity index (χ2n) is 5.94. The van der Waals surface area contributed by atoms with Gasteiger partial charge in [0.15, 0.2) is 4.34 Å². The summed E-state index contributed by atoms with van der Waals surface area (Å²) in [5.41, 5.74) is 1.80. The fourth-order valence-electron chi connectivity index (χ4n) is 2.72. The number of nitrogens with zero attached hydrogens (tertiary/aromatic N) is 3. The molecule has 1 N–H and O–H groups in total. The van der Waals surface area contributed by atoms with Gasteiger partial charge in [0, 0.05) is 5.75 Å².